The Kier molecular flexibility index (Phi) is 2.77. The van der Waals surface area contributed by atoms with Gasteiger partial charge in [-0.05, 0) is 30.0 Å². The maximum Gasteiger partial charge on any atom is 0.501 e. The Hall–Kier alpha value is -1.30. The molecular formula is C11H9F3O2S. The Morgan fingerprint density at radius 3 is 2.35 bits per heavy atom. The number of fused-ring (bicyclic) bond motifs is 1. The van der Waals surface area contributed by atoms with Crippen LogP contribution in [0.15, 0.2) is 29.2 Å². The Balaban J connectivity index is 2.49. The molecule has 1 aliphatic rings. The van der Waals surface area contributed by atoms with Crippen LogP contribution in [0.4, 0.5) is 13.2 Å². The molecule has 2 nitrogen and oxygen atoms in total. The zero-order valence-corrected chi connectivity index (χ0v) is 9.48. The molecule has 1 aromatic carbocycles. The van der Waals surface area contributed by atoms with Gasteiger partial charge in [-0.1, -0.05) is 24.3 Å². The highest BCUT2D eigenvalue weighted by Gasteiger charge is 2.48. The highest BCUT2D eigenvalue weighted by molar-refractivity contribution is 7.96. The average Bonchev–Trinajstić information content (AvgIpc) is 2.27. The van der Waals surface area contributed by atoms with Crippen molar-refractivity contribution in [2.45, 2.75) is 18.3 Å². The molecule has 0 aliphatic heterocycles. The molecule has 1 aliphatic carbocycles. The third-order valence-electron chi connectivity index (χ3n) is 2.66. The average molecular weight is 262 g/mol. The Morgan fingerprint density at radius 2 is 1.71 bits per heavy atom. The molecule has 0 saturated heterocycles. The van der Waals surface area contributed by atoms with E-state index in [1.165, 1.54) is 0 Å². The summed E-state index contributed by atoms with van der Waals surface area (Å²) in [5, 5.41) is 0. The second-order valence-corrected chi connectivity index (χ2v) is 5.75. The van der Waals surface area contributed by atoms with Gasteiger partial charge in [-0.25, -0.2) is 8.42 Å². The van der Waals surface area contributed by atoms with E-state index in [0.29, 0.717) is 12.0 Å². The predicted molar refractivity (Wildman–Crippen MR) is 57.7 cm³/mol. The van der Waals surface area contributed by atoms with Crippen molar-refractivity contribution in [2.24, 2.45) is 0 Å². The fourth-order valence-electron chi connectivity index (χ4n) is 1.77. The van der Waals surface area contributed by atoms with Gasteiger partial charge in [0.25, 0.3) is 9.84 Å². The van der Waals surface area contributed by atoms with Gasteiger partial charge >= 0.3 is 5.51 Å². The van der Waals surface area contributed by atoms with Crippen molar-refractivity contribution in [3.05, 3.63) is 40.3 Å². The van der Waals surface area contributed by atoms with Crippen LogP contribution in [0.3, 0.4) is 0 Å². The lowest BCUT2D eigenvalue weighted by atomic mass is 9.98. The fraction of sp³-hybridized carbons (Fsp3) is 0.273. The maximum absolute atomic E-state index is 12.4. The molecule has 0 atom stereocenters. The standard InChI is InChI=1S/C11H9F3O2S/c12-11(13,14)17(15,16)10-6-5-8-3-1-2-4-9(8)7-10/h1-4,7H,5-6H2. The Bertz CT molecular complexity index is 571. The van der Waals surface area contributed by atoms with E-state index in [-0.39, 0.29) is 6.42 Å². The summed E-state index contributed by atoms with van der Waals surface area (Å²) in [6, 6.07) is 6.83. The molecule has 0 bridgehead atoms. The molecule has 0 spiro atoms. The first-order valence-corrected chi connectivity index (χ1v) is 6.40. The highest BCUT2D eigenvalue weighted by Crippen LogP contribution is 2.35. The SMILES string of the molecule is O=S(=O)(C1=Cc2ccccc2CC1)C(F)(F)F. The molecule has 0 aromatic heterocycles. The summed E-state index contributed by atoms with van der Waals surface area (Å²) in [5.41, 5.74) is -3.80. The minimum Gasteiger partial charge on any atom is -0.215 e. The van der Waals surface area contributed by atoms with Gasteiger partial charge in [0.15, 0.2) is 0 Å². The maximum atomic E-state index is 12.4. The van der Waals surface area contributed by atoms with E-state index >= 15 is 0 Å². The number of halogens is 3. The normalized spacial score (nSPS) is 16.3. The van der Waals surface area contributed by atoms with Crippen LogP contribution in [0.2, 0.25) is 0 Å². The number of alkyl halides is 3. The number of rotatable bonds is 1. The lowest BCUT2D eigenvalue weighted by molar-refractivity contribution is -0.0427. The van der Waals surface area contributed by atoms with E-state index < -0.39 is 20.3 Å². The second kappa shape index (κ2) is 3.87. The van der Waals surface area contributed by atoms with Gasteiger partial charge in [-0.15, -0.1) is 0 Å². The topological polar surface area (TPSA) is 34.1 Å². The van der Waals surface area contributed by atoms with Gasteiger partial charge < -0.3 is 0 Å². The first-order chi connectivity index (χ1) is 7.82. The van der Waals surface area contributed by atoms with Gasteiger partial charge in [0.05, 0.1) is 4.91 Å². The van der Waals surface area contributed by atoms with Gasteiger partial charge in [0, 0.05) is 0 Å². The summed E-state index contributed by atoms with van der Waals surface area (Å²) in [7, 11) is -5.18. The van der Waals surface area contributed by atoms with Gasteiger partial charge in [0.1, 0.15) is 0 Å². The van der Waals surface area contributed by atoms with E-state index in [1.807, 2.05) is 0 Å². The first kappa shape index (κ1) is 12.2. The summed E-state index contributed by atoms with van der Waals surface area (Å²) in [4.78, 5) is -0.552. The van der Waals surface area contributed by atoms with Crippen molar-refractivity contribution in [1.29, 1.82) is 0 Å². The molecule has 2 rings (SSSR count). The first-order valence-electron chi connectivity index (χ1n) is 4.92. The molecule has 1 aromatic rings. The third-order valence-corrected chi connectivity index (χ3v) is 4.28. The number of hydrogen-bond acceptors (Lipinski definition) is 2. The van der Waals surface area contributed by atoms with E-state index in [4.69, 9.17) is 0 Å². The van der Waals surface area contributed by atoms with Crippen LogP contribution in [-0.2, 0) is 16.3 Å². The minimum atomic E-state index is -5.22. The van der Waals surface area contributed by atoms with Crippen molar-refractivity contribution < 1.29 is 21.6 Å². The quantitative estimate of drug-likeness (QED) is 0.779. The molecule has 0 radical (unpaired) electrons. The summed E-state index contributed by atoms with van der Waals surface area (Å²) < 4.78 is 59.5. The predicted octanol–water partition coefficient (Wildman–Crippen LogP) is 2.91. The molecule has 0 saturated carbocycles. The smallest absolute Gasteiger partial charge is 0.215 e. The molecule has 92 valence electrons. The molecule has 17 heavy (non-hydrogen) atoms. The number of benzene rings is 1. The van der Waals surface area contributed by atoms with Crippen molar-refractivity contribution in [3.8, 4) is 0 Å². The molecule has 0 amide bonds. The molecule has 6 heteroatoms. The van der Waals surface area contributed by atoms with Crippen molar-refractivity contribution in [2.75, 3.05) is 0 Å². The number of aryl methyl sites for hydroxylation is 1. The summed E-state index contributed by atoms with van der Waals surface area (Å²) >= 11 is 0. The zero-order valence-electron chi connectivity index (χ0n) is 8.66. The highest BCUT2D eigenvalue weighted by atomic mass is 32.2. The van der Waals surface area contributed by atoms with Crippen LogP contribution < -0.4 is 0 Å². The van der Waals surface area contributed by atoms with Crippen molar-refractivity contribution in [3.63, 3.8) is 0 Å². The van der Waals surface area contributed by atoms with Crippen LogP contribution in [0, 0.1) is 0 Å². The van der Waals surface area contributed by atoms with Gasteiger partial charge in [-0.3, -0.25) is 0 Å². The summed E-state index contributed by atoms with van der Waals surface area (Å²) in [6.07, 6.45) is 1.33. The number of sulfone groups is 1. The van der Waals surface area contributed by atoms with Crippen LogP contribution >= 0.6 is 0 Å². The van der Waals surface area contributed by atoms with Crippen LogP contribution in [0.1, 0.15) is 17.5 Å². The number of hydrogen-bond donors (Lipinski definition) is 0. The Labute approximate surface area is 96.7 Å². The molecule has 0 fully saturated rings. The molecule has 0 N–H and O–H groups in total. The van der Waals surface area contributed by atoms with E-state index in [9.17, 15) is 21.6 Å². The van der Waals surface area contributed by atoms with E-state index in [0.717, 1.165) is 11.6 Å². The van der Waals surface area contributed by atoms with Gasteiger partial charge in [-0.2, -0.15) is 13.2 Å². The van der Waals surface area contributed by atoms with Crippen LogP contribution in [0.25, 0.3) is 6.08 Å². The van der Waals surface area contributed by atoms with Crippen LogP contribution in [-0.4, -0.2) is 13.9 Å². The molecular weight excluding hydrogens is 253 g/mol. The second-order valence-electron chi connectivity index (χ2n) is 3.76. The Morgan fingerprint density at radius 1 is 1.06 bits per heavy atom. The monoisotopic (exact) mass is 262 g/mol. The minimum absolute atomic E-state index is 0.0984. The van der Waals surface area contributed by atoms with Crippen LogP contribution in [0.5, 0.6) is 0 Å². The summed E-state index contributed by atoms with van der Waals surface area (Å²) in [5.74, 6) is 0. The molecule has 0 unspecified atom stereocenters. The fourth-order valence-corrected chi connectivity index (χ4v) is 2.72. The number of allylic oxidation sites excluding steroid dienone is 1. The molecule has 0 heterocycles. The largest absolute Gasteiger partial charge is 0.501 e. The third kappa shape index (κ3) is 2.09. The van der Waals surface area contributed by atoms with Crippen molar-refractivity contribution in [1.82, 2.24) is 0 Å². The lowest BCUT2D eigenvalue weighted by Gasteiger charge is -2.17. The zero-order chi connectivity index (χ0) is 12.7. The van der Waals surface area contributed by atoms with E-state index in [2.05, 4.69) is 0 Å². The summed E-state index contributed by atoms with van der Waals surface area (Å²) in [6.45, 7) is 0. The lowest BCUT2D eigenvalue weighted by Crippen LogP contribution is -2.25. The van der Waals surface area contributed by atoms with Gasteiger partial charge in [0.2, 0.25) is 0 Å². The van der Waals surface area contributed by atoms with E-state index in [1.54, 1.807) is 24.3 Å². The van der Waals surface area contributed by atoms with Crippen molar-refractivity contribution >= 4 is 15.9 Å².